The van der Waals surface area contributed by atoms with Crippen molar-refractivity contribution in [1.29, 1.82) is 0 Å². The highest BCUT2D eigenvalue weighted by Crippen LogP contribution is 2.24. The number of carbonyl (C=O) groups is 1. The molecular formula is C18H19ClN4OS. The van der Waals surface area contributed by atoms with E-state index in [1.54, 1.807) is 28.4 Å². The third kappa shape index (κ3) is 3.91. The second-order valence-electron chi connectivity index (χ2n) is 6.01. The second kappa shape index (κ2) is 7.37. The topological polar surface area (TPSA) is 59.8 Å². The van der Waals surface area contributed by atoms with Crippen molar-refractivity contribution in [2.75, 3.05) is 0 Å². The average Bonchev–Trinajstić information content (AvgIpc) is 3.19. The predicted molar refractivity (Wildman–Crippen MR) is 101 cm³/mol. The lowest BCUT2D eigenvalue weighted by atomic mass is 10.1. The van der Waals surface area contributed by atoms with Crippen LogP contribution in [0.5, 0.6) is 0 Å². The van der Waals surface area contributed by atoms with Crippen LogP contribution >= 0.6 is 22.9 Å². The Morgan fingerprint density at radius 2 is 2.00 bits per heavy atom. The number of hydrogen-bond donors (Lipinski definition) is 1. The van der Waals surface area contributed by atoms with Crippen molar-refractivity contribution < 1.29 is 4.79 Å². The summed E-state index contributed by atoms with van der Waals surface area (Å²) in [5, 5.41) is 9.03. The molecule has 0 atom stereocenters. The molecule has 2 heterocycles. The van der Waals surface area contributed by atoms with E-state index in [0.29, 0.717) is 17.1 Å². The number of halogens is 1. The minimum absolute atomic E-state index is 0.130. The third-order valence-electron chi connectivity index (χ3n) is 3.76. The number of benzene rings is 1. The van der Waals surface area contributed by atoms with E-state index < -0.39 is 0 Å². The summed E-state index contributed by atoms with van der Waals surface area (Å²) in [5.74, 6) is 0.0135. The van der Waals surface area contributed by atoms with Crippen LogP contribution in [0.2, 0.25) is 5.02 Å². The molecule has 0 radical (unpaired) electrons. The Hall–Kier alpha value is -2.18. The van der Waals surface area contributed by atoms with Crippen LogP contribution in [0.4, 0.5) is 0 Å². The molecule has 2 aromatic heterocycles. The Labute approximate surface area is 155 Å². The molecule has 3 aromatic rings. The molecule has 0 fully saturated rings. The maximum Gasteiger partial charge on any atom is 0.255 e. The lowest BCUT2D eigenvalue weighted by molar-refractivity contribution is 0.0950. The van der Waals surface area contributed by atoms with E-state index in [1.165, 1.54) is 0 Å². The van der Waals surface area contributed by atoms with Gasteiger partial charge in [-0.1, -0.05) is 25.4 Å². The molecule has 0 bridgehead atoms. The van der Waals surface area contributed by atoms with Gasteiger partial charge in [0, 0.05) is 16.1 Å². The zero-order valence-electron chi connectivity index (χ0n) is 14.3. The SMILES string of the molecule is Cc1ncc(CNC(=O)c2cnn(-c3ccc(Cl)cc3)c2C(C)C)s1. The number of aryl methyl sites for hydroxylation is 1. The van der Waals surface area contributed by atoms with E-state index >= 15 is 0 Å². The highest BCUT2D eigenvalue weighted by molar-refractivity contribution is 7.11. The van der Waals surface area contributed by atoms with Crippen LogP contribution in [0.15, 0.2) is 36.7 Å². The molecule has 1 amide bonds. The molecule has 7 heteroatoms. The van der Waals surface area contributed by atoms with Crippen LogP contribution in [-0.2, 0) is 6.54 Å². The number of rotatable bonds is 5. The van der Waals surface area contributed by atoms with Crippen LogP contribution < -0.4 is 5.32 Å². The number of thiazole rings is 1. The largest absolute Gasteiger partial charge is 0.347 e. The van der Waals surface area contributed by atoms with Crippen molar-refractivity contribution in [1.82, 2.24) is 20.1 Å². The van der Waals surface area contributed by atoms with Crippen molar-refractivity contribution in [3.8, 4) is 5.69 Å². The van der Waals surface area contributed by atoms with E-state index in [1.807, 2.05) is 45.0 Å². The summed E-state index contributed by atoms with van der Waals surface area (Å²) in [6.45, 7) is 6.51. The van der Waals surface area contributed by atoms with Crippen LogP contribution in [-0.4, -0.2) is 20.7 Å². The third-order valence-corrected chi connectivity index (χ3v) is 4.93. The van der Waals surface area contributed by atoms with E-state index in [0.717, 1.165) is 21.3 Å². The Balaban J connectivity index is 1.85. The Morgan fingerprint density at radius 1 is 1.28 bits per heavy atom. The van der Waals surface area contributed by atoms with Gasteiger partial charge in [0.05, 0.1) is 34.7 Å². The molecule has 0 saturated carbocycles. The number of aromatic nitrogens is 3. The van der Waals surface area contributed by atoms with Gasteiger partial charge in [0.15, 0.2) is 0 Å². The molecule has 130 valence electrons. The Bertz CT molecular complexity index is 883. The summed E-state index contributed by atoms with van der Waals surface area (Å²) in [6, 6.07) is 7.41. The number of nitrogens with one attached hydrogen (secondary N) is 1. The Morgan fingerprint density at radius 3 is 2.60 bits per heavy atom. The van der Waals surface area contributed by atoms with Gasteiger partial charge in [0.1, 0.15) is 0 Å². The molecule has 25 heavy (non-hydrogen) atoms. The van der Waals surface area contributed by atoms with Crippen molar-refractivity contribution >= 4 is 28.8 Å². The van der Waals surface area contributed by atoms with Gasteiger partial charge < -0.3 is 5.32 Å². The molecule has 0 aliphatic heterocycles. The lowest BCUT2D eigenvalue weighted by Gasteiger charge is -2.13. The highest BCUT2D eigenvalue weighted by atomic mass is 35.5. The van der Waals surface area contributed by atoms with Gasteiger partial charge in [-0.3, -0.25) is 4.79 Å². The van der Waals surface area contributed by atoms with Crippen LogP contribution in [0.25, 0.3) is 5.69 Å². The molecule has 1 aromatic carbocycles. The first kappa shape index (κ1) is 17.6. The smallest absolute Gasteiger partial charge is 0.255 e. The van der Waals surface area contributed by atoms with Gasteiger partial charge in [0.25, 0.3) is 5.91 Å². The quantitative estimate of drug-likeness (QED) is 0.722. The molecule has 5 nitrogen and oxygen atoms in total. The average molecular weight is 375 g/mol. The zero-order chi connectivity index (χ0) is 18.0. The summed E-state index contributed by atoms with van der Waals surface area (Å²) in [4.78, 5) is 17.9. The summed E-state index contributed by atoms with van der Waals surface area (Å²) in [5.41, 5.74) is 2.34. The standard InChI is InChI=1S/C18H19ClN4OS/c1-11(2)17-16(18(24)21-9-15-8-20-12(3)25-15)10-22-23(17)14-6-4-13(19)5-7-14/h4-8,10-11H,9H2,1-3H3,(H,21,24). The summed E-state index contributed by atoms with van der Waals surface area (Å²) in [7, 11) is 0. The lowest BCUT2D eigenvalue weighted by Crippen LogP contribution is -2.23. The number of hydrogen-bond acceptors (Lipinski definition) is 4. The minimum atomic E-state index is -0.130. The number of carbonyl (C=O) groups excluding carboxylic acids is 1. The highest BCUT2D eigenvalue weighted by Gasteiger charge is 2.20. The maximum absolute atomic E-state index is 12.6. The van der Waals surface area contributed by atoms with E-state index in [2.05, 4.69) is 15.4 Å². The first-order valence-corrected chi connectivity index (χ1v) is 9.18. The van der Waals surface area contributed by atoms with Gasteiger partial charge in [-0.05, 0) is 37.1 Å². The summed E-state index contributed by atoms with van der Waals surface area (Å²) < 4.78 is 1.80. The van der Waals surface area contributed by atoms with Crippen molar-refractivity contribution in [2.45, 2.75) is 33.2 Å². The summed E-state index contributed by atoms with van der Waals surface area (Å²) in [6.07, 6.45) is 3.41. The van der Waals surface area contributed by atoms with Gasteiger partial charge in [0.2, 0.25) is 0 Å². The van der Waals surface area contributed by atoms with Gasteiger partial charge in [-0.15, -0.1) is 11.3 Å². The fraction of sp³-hybridized carbons (Fsp3) is 0.278. The molecule has 0 aliphatic carbocycles. The van der Waals surface area contributed by atoms with Crippen molar-refractivity contribution in [3.63, 3.8) is 0 Å². The molecule has 1 N–H and O–H groups in total. The molecule has 0 saturated heterocycles. The van der Waals surface area contributed by atoms with E-state index in [-0.39, 0.29) is 11.8 Å². The molecular weight excluding hydrogens is 356 g/mol. The molecule has 3 rings (SSSR count). The maximum atomic E-state index is 12.6. The molecule has 0 aliphatic rings. The zero-order valence-corrected chi connectivity index (χ0v) is 15.9. The fourth-order valence-corrected chi connectivity index (χ4v) is 3.49. The number of nitrogens with zero attached hydrogens (tertiary/aromatic N) is 3. The van der Waals surface area contributed by atoms with Crippen LogP contribution in [0, 0.1) is 6.92 Å². The first-order valence-electron chi connectivity index (χ1n) is 7.99. The molecule has 0 spiro atoms. The van der Waals surface area contributed by atoms with E-state index in [4.69, 9.17) is 11.6 Å². The summed E-state index contributed by atoms with van der Waals surface area (Å²) >= 11 is 7.54. The van der Waals surface area contributed by atoms with Gasteiger partial charge in [-0.25, -0.2) is 9.67 Å². The Kier molecular flexibility index (Phi) is 5.20. The predicted octanol–water partition coefficient (Wildman–Crippen LogP) is 4.34. The number of amides is 1. The second-order valence-corrected chi connectivity index (χ2v) is 7.77. The van der Waals surface area contributed by atoms with Crippen LogP contribution in [0.3, 0.4) is 0 Å². The fourth-order valence-electron chi connectivity index (χ4n) is 2.63. The van der Waals surface area contributed by atoms with Crippen LogP contribution in [0.1, 0.15) is 45.7 Å². The van der Waals surface area contributed by atoms with Crippen molar-refractivity contribution in [2.24, 2.45) is 0 Å². The van der Waals surface area contributed by atoms with Gasteiger partial charge >= 0.3 is 0 Å². The minimum Gasteiger partial charge on any atom is -0.347 e. The normalized spacial score (nSPS) is 11.1. The molecule has 0 unspecified atom stereocenters. The van der Waals surface area contributed by atoms with E-state index in [9.17, 15) is 4.79 Å². The van der Waals surface area contributed by atoms with Gasteiger partial charge in [-0.2, -0.15) is 5.10 Å². The monoisotopic (exact) mass is 374 g/mol. The van der Waals surface area contributed by atoms with Crippen molar-refractivity contribution in [3.05, 3.63) is 62.8 Å². The first-order chi connectivity index (χ1) is 12.0.